The van der Waals surface area contributed by atoms with E-state index in [9.17, 15) is 4.79 Å². The van der Waals surface area contributed by atoms with Gasteiger partial charge in [-0.25, -0.2) is 4.79 Å². The Bertz CT molecular complexity index is 312. The molecule has 0 aliphatic rings. The second-order valence-corrected chi connectivity index (χ2v) is 12.6. The number of unbranched alkanes of at least 4 members (excludes halogenated alkanes) is 10. The van der Waals surface area contributed by atoms with Crippen molar-refractivity contribution in [3.63, 3.8) is 0 Å². The normalized spacial score (nSPS) is 12.0. The van der Waals surface area contributed by atoms with Crippen LogP contribution in [0.1, 0.15) is 84.0 Å². The Morgan fingerprint density at radius 1 is 0.826 bits per heavy atom. The number of rotatable bonds is 14. The van der Waals surface area contributed by atoms with E-state index < -0.39 is 2.14 Å². The summed E-state index contributed by atoms with van der Waals surface area (Å²) in [5.74, 6) is -0.332. The lowest BCUT2D eigenvalue weighted by atomic mass is 10.1. The van der Waals surface area contributed by atoms with E-state index in [1.54, 1.807) is 0 Å². The molecule has 2 nitrogen and oxygen atoms in total. The Kier molecular flexibility index (Phi) is 16.6. The van der Waals surface area contributed by atoms with Crippen molar-refractivity contribution < 1.29 is 9.53 Å². The zero-order valence-corrected chi connectivity index (χ0v) is 19.1. The molecule has 0 aromatic heterocycles. The van der Waals surface area contributed by atoms with Crippen LogP contribution in [0.25, 0.3) is 0 Å². The molecule has 0 spiro atoms. The minimum absolute atomic E-state index is 0.332. The Labute approximate surface area is 167 Å². The SMILES string of the molecule is CCCC/C=C\CCCCCCCCCCOC(=O)C(Br)(Br)Br. The fourth-order valence-electron chi connectivity index (χ4n) is 2.23. The summed E-state index contributed by atoms with van der Waals surface area (Å²) in [7, 11) is 0. The maximum atomic E-state index is 11.4. The number of hydrogen-bond donors (Lipinski definition) is 0. The molecule has 0 aliphatic carbocycles. The Morgan fingerprint density at radius 2 is 1.30 bits per heavy atom. The molecular weight excluding hydrogens is 488 g/mol. The summed E-state index contributed by atoms with van der Waals surface area (Å²) in [5, 5.41) is 0. The predicted molar refractivity (Wildman–Crippen MR) is 111 cm³/mol. The minimum Gasteiger partial charge on any atom is -0.463 e. The average Bonchev–Trinajstić information content (AvgIpc) is 2.50. The summed E-state index contributed by atoms with van der Waals surface area (Å²) in [6.45, 7) is 2.73. The van der Waals surface area contributed by atoms with Crippen molar-refractivity contribution in [1.82, 2.24) is 0 Å². The van der Waals surface area contributed by atoms with Crippen LogP contribution in [-0.2, 0) is 9.53 Å². The van der Waals surface area contributed by atoms with Crippen molar-refractivity contribution in [2.24, 2.45) is 0 Å². The maximum Gasteiger partial charge on any atom is 0.344 e. The maximum absolute atomic E-state index is 11.4. The fourth-order valence-corrected chi connectivity index (χ4v) is 2.57. The molecule has 0 saturated heterocycles. The second kappa shape index (κ2) is 16.1. The molecule has 0 amide bonds. The number of hydrogen-bond acceptors (Lipinski definition) is 2. The highest BCUT2D eigenvalue weighted by Gasteiger charge is 2.30. The van der Waals surface area contributed by atoms with E-state index in [1.807, 2.05) is 0 Å². The Hall–Kier alpha value is 0.650. The lowest BCUT2D eigenvalue weighted by Crippen LogP contribution is -2.20. The molecule has 0 saturated carbocycles. The number of ether oxygens (including phenoxy) is 1. The number of halogens is 3. The topological polar surface area (TPSA) is 26.3 Å². The Morgan fingerprint density at radius 3 is 1.83 bits per heavy atom. The first kappa shape index (κ1) is 23.6. The second-order valence-electron chi connectivity index (χ2n) is 5.86. The van der Waals surface area contributed by atoms with E-state index in [2.05, 4.69) is 66.9 Å². The van der Waals surface area contributed by atoms with E-state index in [0.717, 1.165) is 12.8 Å². The van der Waals surface area contributed by atoms with Gasteiger partial charge in [0, 0.05) is 0 Å². The first-order chi connectivity index (χ1) is 11.0. The van der Waals surface area contributed by atoms with Crippen molar-refractivity contribution in [3.05, 3.63) is 12.2 Å². The van der Waals surface area contributed by atoms with Gasteiger partial charge in [0.25, 0.3) is 0 Å². The summed E-state index contributed by atoms with van der Waals surface area (Å²) in [6.07, 6.45) is 19.7. The molecule has 0 rings (SSSR count). The zero-order chi connectivity index (χ0) is 17.4. The molecule has 0 fully saturated rings. The van der Waals surface area contributed by atoms with Gasteiger partial charge in [-0.05, 0) is 73.5 Å². The highest BCUT2D eigenvalue weighted by atomic mass is 80.0. The molecule has 136 valence electrons. The third-order valence-corrected chi connectivity index (χ3v) is 4.59. The van der Waals surface area contributed by atoms with Gasteiger partial charge in [-0.15, -0.1) is 0 Å². The molecule has 23 heavy (non-hydrogen) atoms. The molecule has 0 atom stereocenters. The van der Waals surface area contributed by atoms with E-state index in [0.29, 0.717) is 6.61 Å². The summed E-state index contributed by atoms with van der Waals surface area (Å²) in [5.41, 5.74) is 0. The number of alkyl halides is 3. The minimum atomic E-state index is -0.932. The van der Waals surface area contributed by atoms with Gasteiger partial charge in [-0.1, -0.05) is 70.4 Å². The standard InChI is InChI=1S/C18H31Br3O2/c1-2-3-4-5-6-7-8-9-10-11-12-13-14-15-16-23-17(22)18(19,20)21/h5-6H,2-4,7-16H2,1H3/b6-5-. The summed E-state index contributed by atoms with van der Waals surface area (Å²) in [6, 6.07) is 0. The highest BCUT2D eigenvalue weighted by molar-refractivity contribution is 9.40. The molecule has 0 unspecified atom stereocenters. The largest absolute Gasteiger partial charge is 0.463 e. The van der Waals surface area contributed by atoms with Crippen LogP contribution < -0.4 is 0 Å². The molecule has 0 aromatic rings. The zero-order valence-electron chi connectivity index (χ0n) is 14.3. The van der Waals surface area contributed by atoms with Crippen molar-refractivity contribution in [2.45, 2.75) is 86.1 Å². The first-order valence-electron chi connectivity index (χ1n) is 8.87. The van der Waals surface area contributed by atoms with E-state index in [1.165, 1.54) is 64.2 Å². The summed E-state index contributed by atoms with van der Waals surface area (Å²) in [4.78, 5) is 11.4. The number of carbonyl (C=O) groups is 1. The molecule has 0 N–H and O–H groups in total. The number of allylic oxidation sites excluding steroid dienone is 2. The molecule has 0 aliphatic heterocycles. The van der Waals surface area contributed by atoms with Crippen LogP contribution in [0.5, 0.6) is 0 Å². The van der Waals surface area contributed by atoms with Crippen LogP contribution in [0.15, 0.2) is 12.2 Å². The molecule has 0 aromatic carbocycles. The van der Waals surface area contributed by atoms with Crippen molar-refractivity contribution in [2.75, 3.05) is 6.61 Å². The van der Waals surface area contributed by atoms with Gasteiger partial charge >= 0.3 is 5.97 Å². The van der Waals surface area contributed by atoms with Crippen molar-refractivity contribution >= 4 is 53.8 Å². The third-order valence-electron chi connectivity index (χ3n) is 3.62. The van der Waals surface area contributed by atoms with Gasteiger partial charge in [-0.3, -0.25) is 0 Å². The lowest BCUT2D eigenvalue weighted by molar-refractivity contribution is -0.141. The number of esters is 1. The van der Waals surface area contributed by atoms with Gasteiger partial charge in [0.05, 0.1) is 6.61 Å². The van der Waals surface area contributed by atoms with E-state index >= 15 is 0 Å². The average molecular weight is 519 g/mol. The quantitative estimate of drug-likeness (QED) is 0.102. The summed E-state index contributed by atoms with van der Waals surface area (Å²) >= 11 is 9.43. The van der Waals surface area contributed by atoms with Crippen LogP contribution in [0, 0.1) is 0 Å². The lowest BCUT2D eigenvalue weighted by Gasteiger charge is -2.11. The fraction of sp³-hybridized carbons (Fsp3) is 0.833. The van der Waals surface area contributed by atoms with Gasteiger partial charge in [0.15, 0.2) is 0 Å². The van der Waals surface area contributed by atoms with Gasteiger partial charge in [0.2, 0.25) is 2.14 Å². The number of carbonyl (C=O) groups excluding carboxylic acids is 1. The smallest absolute Gasteiger partial charge is 0.344 e. The first-order valence-corrected chi connectivity index (χ1v) is 11.2. The van der Waals surface area contributed by atoms with Crippen LogP contribution >= 0.6 is 47.8 Å². The van der Waals surface area contributed by atoms with Crippen LogP contribution in [0.4, 0.5) is 0 Å². The summed E-state index contributed by atoms with van der Waals surface area (Å²) < 4.78 is 4.20. The highest BCUT2D eigenvalue weighted by Crippen LogP contribution is 2.34. The molecule has 0 radical (unpaired) electrons. The van der Waals surface area contributed by atoms with Gasteiger partial charge in [-0.2, -0.15) is 0 Å². The van der Waals surface area contributed by atoms with Crippen LogP contribution in [0.3, 0.4) is 0 Å². The molecular formula is C18H31Br3O2. The van der Waals surface area contributed by atoms with Gasteiger partial charge < -0.3 is 4.74 Å². The van der Waals surface area contributed by atoms with Gasteiger partial charge in [0.1, 0.15) is 0 Å². The van der Waals surface area contributed by atoms with Crippen LogP contribution in [0.2, 0.25) is 0 Å². The molecule has 0 heterocycles. The predicted octanol–water partition coefficient (Wildman–Crippen LogP) is 7.63. The third kappa shape index (κ3) is 17.3. The van der Waals surface area contributed by atoms with E-state index in [4.69, 9.17) is 4.74 Å². The monoisotopic (exact) mass is 516 g/mol. The van der Waals surface area contributed by atoms with E-state index in [-0.39, 0.29) is 5.97 Å². The molecule has 5 heteroatoms. The van der Waals surface area contributed by atoms with Crippen molar-refractivity contribution in [1.29, 1.82) is 0 Å². The van der Waals surface area contributed by atoms with Crippen LogP contribution in [-0.4, -0.2) is 14.7 Å². The molecule has 0 bridgehead atoms. The Balaban J connectivity index is 3.19. The van der Waals surface area contributed by atoms with Crippen molar-refractivity contribution in [3.8, 4) is 0 Å².